The number of morpholine rings is 1. The van der Waals surface area contributed by atoms with Crippen LogP contribution in [0.25, 0.3) is 27.8 Å². The molecule has 1 aromatic carbocycles. The topological polar surface area (TPSA) is 110 Å². The molecule has 10 heteroatoms. The van der Waals surface area contributed by atoms with Gasteiger partial charge in [0, 0.05) is 67.5 Å². The number of amides is 1. The van der Waals surface area contributed by atoms with E-state index in [9.17, 15) is 15.2 Å². The Labute approximate surface area is 245 Å². The summed E-state index contributed by atoms with van der Waals surface area (Å²) >= 11 is 0. The smallest absolute Gasteiger partial charge is 0.407 e. The molecule has 4 aromatic rings. The first-order valence-corrected chi connectivity index (χ1v) is 14.3. The standard InChI is InChI=1S/C32H35N7O3/c1-32(2,3)28-21-37(10-11-38(28)31(40)41)26-7-4-22(5-8-26)24-16-27(30-25(17-33)19-35-39(30)20-24)23-6-9-29(34-18-23)36-12-14-42-15-13-36/h4-9,16,18-20,28H,10-15,21H2,1-3H3,(H,40,41). The quantitative estimate of drug-likeness (QED) is 0.369. The molecule has 3 aromatic heterocycles. The number of hydrogen-bond donors (Lipinski definition) is 1. The molecular formula is C32H35N7O3. The van der Waals surface area contributed by atoms with Gasteiger partial charge in [-0.25, -0.2) is 14.3 Å². The maximum Gasteiger partial charge on any atom is 0.407 e. The number of rotatable bonds is 4. The number of hydrogen-bond acceptors (Lipinski definition) is 7. The van der Waals surface area contributed by atoms with E-state index in [1.165, 1.54) is 0 Å². The molecule has 6 rings (SSSR count). The molecule has 0 saturated carbocycles. The highest BCUT2D eigenvalue weighted by molar-refractivity contribution is 5.87. The average Bonchev–Trinajstić information content (AvgIpc) is 3.44. The molecule has 0 spiro atoms. The highest BCUT2D eigenvalue weighted by Crippen LogP contribution is 2.34. The van der Waals surface area contributed by atoms with E-state index in [-0.39, 0.29) is 11.5 Å². The minimum absolute atomic E-state index is 0.106. The normalized spacial score (nSPS) is 17.9. The van der Waals surface area contributed by atoms with Crippen molar-refractivity contribution in [2.45, 2.75) is 26.8 Å². The van der Waals surface area contributed by atoms with E-state index in [1.807, 2.05) is 18.5 Å². The summed E-state index contributed by atoms with van der Waals surface area (Å²) in [6, 6.07) is 16.7. The second-order valence-electron chi connectivity index (χ2n) is 12.0. The van der Waals surface area contributed by atoms with Crippen molar-refractivity contribution in [2.24, 2.45) is 5.41 Å². The molecule has 0 aliphatic carbocycles. The lowest BCUT2D eigenvalue weighted by atomic mass is 9.84. The third-order valence-corrected chi connectivity index (χ3v) is 8.32. The average molecular weight is 566 g/mol. The molecule has 216 valence electrons. The van der Waals surface area contributed by atoms with E-state index in [0.29, 0.717) is 38.4 Å². The van der Waals surface area contributed by atoms with Crippen LogP contribution >= 0.6 is 0 Å². The molecular weight excluding hydrogens is 530 g/mol. The van der Waals surface area contributed by atoms with Crippen LogP contribution in [0.15, 0.2) is 61.1 Å². The lowest BCUT2D eigenvalue weighted by Crippen LogP contribution is -2.59. The van der Waals surface area contributed by atoms with Crippen molar-refractivity contribution >= 4 is 23.1 Å². The molecule has 42 heavy (non-hydrogen) atoms. The Morgan fingerprint density at radius 1 is 0.976 bits per heavy atom. The van der Waals surface area contributed by atoms with Crippen molar-refractivity contribution in [2.75, 3.05) is 55.7 Å². The Balaban J connectivity index is 1.31. The van der Waals surface area contributed by atoms with Gasteiger partial charge in [-0.1, -0.05) is 32.9 Å². The summed E-state index contributed by atoms with van der Waals surface area (Å²) in [7, 11) is 0. The predicted molar refractivity (Wildman–Crippen MR) is 162 cm³/mol. The van der Waals surface area contributed by atoms with Gasteiger partial charge in [0.15, 0.2) is 0 Å². The largest absolute Gasteiger partial charge is 0.465 e. The third-order valence-electron chi connectivity index (χ3n) is 8.32. The molecule has 0 bridgehead atoms. The van der Waals surface area contributed by atoms with Crippen molar-refractivity contribution in [1.82, 2.24) is 19.5 Å². The van der Waals surface area contributed by atoms with Crippen LogP contribution in [0.1, 0.15) is 26.3 Å². The molecule has 2 aliphatic rings. The van der Waals surface area contributed by atoms with Gasteiger partial charge in [0.05, 0.1) is 36.5 Å². The number of ether oxygens (including phenoxy) is 1. The second-order valence-corrected chi connectivity index (χ2v) is 12.0. The lowest BCUT2D eigenvalue weighted by Gasteiger charge is -2.46. The van der Waals surface area contributed by atoms with Gasteiger partial charge in [-0.3, -0.25) is 0 Å². The van der Waals surface area contributed by atoms with Crippen LogP contribution in [-0.4, -0.2) is 82.7 Å². The molecule has 1 atom stereocenters. The molecule has 2 aliphatic heterocycles. The van der Waals surface area contributed by atoms with Crippen molar-refractivity contribution in [1.29, 1.82) is 5.26 Å². The third kappa shape index (κ3) is 5.23. The maximum absolute atomic E-state index is 11.9. The first-order chi connectivity index (χ1) is 20.2. The van der Waals surface area contributed by atoms with Crippen LogP contribution in [0, 0.1) is 16.7 Å². The first kappa shape index (κ1) is 27.5. The van der Waals surface area contributed by atoms with Gasteiger partial charge in [0.25, 0.3) is 0 Å². The van der Waals surface area contributed by atoms with Crippen molar-refractivity contribution in [3.63, 3.8) is 0 Å². The van der Waals surface area contributed by atoms with Crippen LogP contribution in [0.3, 0.4) is 0 Å². The number of anilines is 2. The summed E-state index contributed by atoms with van der Waals surface area (Å²) < 4.78 is 7.24. The van der Waals surface area contributed by atoms with Gasteiger partial charge < -0.3 is 24.5 Å². The van der Waals surface area contributed by atoms with Gasteiger partial charge in [0.1, 0.15) is 11.9 Å². The van der Waals surface area contributed by atoms with Gasteiger partial charge in [-0.05, 0) is 41.3 Å². The highest BCUT2D eigenvalue weighted by atomic mass is 16.5. The Kier molecular flexibility index (Phi) is 7.21. The number of nitrogens with zero attached hydrogens (tertiary/aromatic N) is 7. The Hall–Kier alpha value is -4.62. The molecule has 2 saturated heterocycles. The zero-order valence-corrected chi connectivity index (χ0v) is 24.2. The molecule has 2 fully saturated rings. The van der Waals surface area contributed by atoms with Crippen molar-refractivity contribution < 1.29 is 14.6 Å². The van der Waals surface area contributed by atoms with Crippen LogP contribution < -0.4 is 9.80 Å². The number of aromatic nitrogens is 3. The van der Waals surface area contributed by atoms with E-state index < -0.39 is 6.09 Å². The summed E-state index contributed by atoms with van der Waals surface area (Å²) in [5.74, 6) is 0.914. The van der Waals surface area contributed by atoms with Gasteiger partial charge in [-0.2, -0.15) is 10.4 Å². The molecule has 1 N–H and O–H groups in total. The Morgan fingerprint density at radius 3 is 2.36 bits per heavy atom. The molecule has 10 nitrogen and oxygen atoms in total. The Bertz CT molecular complexity index is 1630. The number of fused-ring (bicyclic) bond motifs is 1. The van der Waals surface area contributed by atoms with Crippen LogP contribution in [-0.2, 0) is 4.74 Å². The number of pyridine rings is 2. The van der Waals surface area contributed by atoms with E-state index in [0.717, 1.165) is 52.4 Å². The monoisotopic (exact) mass is 565 g/mol. The zero-order valence-electron chi connectivity index (χ0n) is 24.2. The van der Waals surface area contributed by atoms with Crippen LogP contribution in [0.4, 0.5) is 16.3 Å². The summed E-state index contributed by atoms with van der Waals surface area (Å²) in [6.45, 7) is 11.0. The summed E-state index contributed by atoms with van der Waals surface area (Å²) in [5, 5.41) is 24.0. The second kappa shape index (κ2) is 11.0. The number of benzene rings is 1. The van der Waals surface area contributed by atoms with E-state index in [4.69, 9.17) is 9.72 Å². The number of piperazine rings is 1. The summed E-state index contributed by atoms with van der Waals surface area (Å²) in [6.07, 6.45) is 4.55. The minimum Gasteiger partial charge on any atom is -0.465 e. The highest BCUT2D eigenvalue weighted by Gasteiger charge is 2.38. The molecule has 1 unspecified atom stereocenters. The number of carbonyl (C=O) groups is 1. The van der Waals surface area contributed by atoms with Gasteiger partial charge in [-0.15, -0.1) is 0 Å². The molecule has 1 amide bonds. The fourth-order valence-electron chi connectivity index (χ4n) is 5.96. The fourth-order valence-corrected chi connectivity index (χ4v) is 5.96. The number of carboxylic acid groups (broad SMARTS) is 1. The van der Waals surface area contributed by atoms with Crippen molar-refractivity contribution in [3.8, 4) is 28.3 Å². The zero-order chi connectivity index (χ0) is 29.4. The van der Waals surface area contributed by atoms with Crippen LogP contribution in [0.5, 0.6) is 0 Å². The summed E-state index contributed by atoms with van der Waals surface area (Å²) in [5.41, 5.74) is 5.95. The predicted octanol–water partition coefficient (Wildman–Crippen LogP) is 4.99. The Morgan fingerprint density at radius 2 is 1.71 bits per heavy atom. The maximum atomic E-state index is 11.9. The van der Waals surface area contributed by atoms with Crippen LogP contribution in [0.2, 0.25) is 0 Å². The van der Waals surface area contributed by atoms with Crippen molar-refractivity contribution in [3.05, 3.63) is 66.6 Å². The van der Waals surface area contributed by atoms with E-state index >= 15 is 0 Å². The first-order valence-electron chi connectivity index (χ1n) is 14.3. The molecule has 0 radical (unpaired) electrons. The molecule has 5 heterocycles. The van der Waals surface area contributed by atoms with Gasteiger partial charge in [0.2, 0.25) is 0 Å². The lowest BCUT2D eigenvalue weighted by molar-refractivity contribution is 0.0748. The summed E-state index contributed by atoms with van der Waals surface area (Å²) in [4.78, 5) is 22.7. The SMILES string of the molecule is CC(C)(C)C1CN(c2ccc(-c3cc(-c4ccc(N5CCOCC5)nc4)c4c(C#N)cnn4c3)cc2)CCN1C(=O)O. The fraction of sp³-hybridized carbons (Fsp3) is 0.375. The minimum atomic E-state index is -0.861. The number of nitriles is 1. The van der Waals surface area contributed by atoms with Gasteiger partial charge >= 0.3 is 6.09 Å². The van der Waals surface area contributed by atoms with E-state index in [1.54, 1.807) is 15.6 Å². The van der Waals surface area contributed by atoms with E-state index in [2.05, 4.69) is 78.1 Å².